The summed E-state index contributed by atoms with van der Waals surface area (Å²) in [5.74, 6) is 0. The summed E-state index contributed by atoms with van der Waals surface area (Å²) in [6.07, 6.45) is 22.4. The first-order chi connectivity index (χ1) is 24.4. The number of aliphatic hydroxyl groups is 1. The van der Waals surface area contributed by atoms with Crippen molar-refractivity contribution in [3.8, 4) is 0 Å². The van der Waals surface area contributed by atoms with E-state index in [9.17, 15) is 4.79 Å². The van der Waals surface area contributed by atoms with Crippen molar-refractivity contribution < 1.29 is 54.7 Å². The van der Waals surface area contributed by atoms with Crippen LogP contribution in [0.25, 0.3) is 5.57 Å². The van der Waals surface area contributed by atoms with Crippen LogP contribution in [0.1, 0.15) is 71.3 Å². The Morgan fingerprint density at radius 1 is 1.00 bits per heavy atom. The van der Waals surface area contributed by atoms with E-state index in [-0.39, 0.29) is 38.6 Å². The van der Waals surface area contributed by atoms with Crippen LogP contribution in [0.15, 0.2) is 91.6 Å². The minimum Gasteiger partial charge on any atom is -0.446 e. The maximum atomic E-state index is 12.3. The first-order valence-corrected chi connectivity index (χ1v) is 17.8. The van der Waals surface area contributed by atoms with Crippen LogP contribution in [0.5, 0.6) is 0 Å². The van der Waals surface area contributed by atoms with Crippen LogP contribution in [0.2, 0.25) is 0 Å². The summed E-state index contributed by atoms with van der Waals surface area (Å²) in [5, 5.41) is 14.7. The number of para-hydroxylation sites is 1. The van der Waals surface area contributed by atoms with Gasteiger partial charge in [-0.25, -0.2) is 4.79 Å². The molecule has 1 unspecified atom stereocenters. The molecule has 1 rings (SSSR count). The molecule has 9 nitrogen and oxygen atoms in total. The number of hydrogen-bond donors (Lipinski definition) is 3. The molecule has 0 aromatic heterocycles. The fraction of sp³-hybridized carbons (Fsp3) is 0.512. The number of likely N-dealkylation sites (N-methyl/N-ethyl adjacent to an activating group) is 1. The number of benzene rings is 1. The Kier molecular flexibility index (Phi) is 41.3. The molecule has 51 heavy (non-hydrogen) atoms. The number of nitrogens with one attached hydrogen (secondary N) is 2. The number of aliphatic hydroxyl groups excluding tert-OH is 1. The van der Waals surface area contributed by atoms with Crippen molar-refractivity contribution in [3.63, 3.8) is 0 Å². The number of allylic oxidation sites excluding steroid dienone is 9. The molecule has 0 aliphatic carbocycles. The van der Waals surface area contributed by atoms with Gasteiger partial charge in [-0.3, -0.25) is 5.32 Å². The van der Waals surface area contributed by atoms with Crippen molar-refractivity contribution in [1.82, 2.24) is 10.2 Å². The Balaban J connectivity index is -0.000000857. The molecule has 0 radical (unpaired) electrons. The van der Waals surface area contributed by atoms with E-state index < -0.39 is 6.09 Å². The van der Waals surface area contributed by atoms with Crippen molar-refractivity contribution >= 4 is 24.1 Å². The fourth-order valence-corrected chi connectivity index (χ4v) is 4.42. The summed E-state index contributed by atoms with van der Waals surface area (Å²) in [5.41, 5.74) is 3.63. The maximum Gasteiger partial charge on any atom is 0.411 e. The molecule has 1 atom stereocenters. The number of rotatable bonds is 26. The van der Waals surface area contributed by atoms with Gasteiger partial charge in [-0.1, -0.05) is 112 Å². The van der Waals surface area contributed by atoms with Gasteiger partial charge >= 0.3 is 6.09 Å². The van der Waals surface area contributed by atoms with Crippen molar-refractivity contribution in [1.29, 1.82) is 0 Å². The molecule has 0 fully saturated rings. The van der Waals surface area contributed by atoms with Crippen LogP contribution >= 0.6 is 0 Å². The second-order valence-corrected chi connectivity index (χ2v) is 11.3. The van der Waals surface area contributed by atoms with E-state index in [1.807, 2.05) is 75.3 Å². The van der Waals surface area contributed by atoms with Crippen molar-refractivity contribution in [2.75, 3.05) is 72.1 Å². The quantitative estimate of drug-likeness (QED) is 0.0487. The number of carbonyl (C=O) groups excluding carboxylic acids is 2. The van der Waals surface area contributed by atoms with Crippen LogP contribution < -0.4 is 10.6 Å². The maximum absolute atomic E-state index is 12.3. The van der Waals surface area contributed by atoms with Crippen LogP contribution in [0, 0.1) is 0 Å². The zero-order chi connectivity index (χ0) is 37.7. The average Bonchev–Trinajstić information content (AvgIpc) is 3.13. The first-order valence-electron chi connectivity index (χ1n) is 17.8. The normalized spacial score (nSPS) is 11.8. The molecule has 0 saturated heterocycles. The van der Waals surface area contributed by atoms with E-state index in [2.05, 4.69) is 54.8 Å². The summed E-state index contributed by atoms with van der Waals surface area (Å²) >= 11 is 0. The Hall–Kier alpha value is -2.73. The summed E-state index contributed by atoms with van der Waals surface area (Å²) in [4.78, 5) is 22.6. The largest absolute Gasteiger partial charge is 0.446 e. The number of methoxy groups -OCH3 is 1. The van der Waals surface area contributed by atoms with E-state index in [4.69, 9.17) is 24.1 Å². The molecule has 10 heteroatoms. The minimum atomic E-state index is -0.475. The number of nitrogens with zero attached hydrogens (tertiary/aromatic N) is 1. The third-order valence-electron chi connectivity index (χ3n) is 7.35. The second-order valence-electron chi connectivity index (χ2n) is 11.3. The van der Waals surface area contributed by atoms with Gasteiger partial charge in [-0.15, -0.1) is 0 Å². The molecule has 3 N–H and O–H groups in total. The number of amides is 1. The van der Waals surface area contributed by atoms with Gasteiger partial charge in [0.2, 0.25) is 0 Å². The SMILES string of the molecule is C=C(/C=C\C=C/C)c1ccccc1NC(=O)OC(CC)CCNCCO.C=C/C=C\C(=C\COCCCCCCN(C)CCOC)CC.C=O.[Hf]. The molecular weight excluding hydrogens is 809 g/mol. The fourth-order valence-electron chi connectivity index (χ4n) is 4.42. The third kappa shape index (κ3) is 31.7. The summed E-state index contributed by atoms with van der Waals surface area (Å²) in [7, 11) is 3.91. The van der Waals surface area contributed by atoms with Crippen molar-refractivity contribution in [3.05, 3.63) is 97.2 Å². The van der Waals surface area contributed by atoms with E-state index >= 15 is 0 Å². The minimum absolute atomic E-state index is 0. The van der Waals surface area contributed by atoms with E-state index in [0.29, 0.717) is 31.8 Å². The number of ether oxygens (including phenoxy) is 3. The molecule has 1 amide bonds. The summed E-state index contributed by atoms with van der Waals surface area (Å²) in [6.45, 7) is 21.7. The molecule has 1 aromatic rings. The average molecular weight is 876 g/mol. The third-order valence-corrected chi connectivity index (χ3v) is 7.35. The number of anilines is 1. The molecule has 0 spiro atoms. The van der Waals surface area contributed by atoms with Crippen LogP contribution in [0.3, 0.4) is 0 Å². The molecule has 1 aromatic carbocycles. The smallest absolute Gasteiger partial charge is 0.411 e. The van der Waals surface area contributed by atoms with Gasteiger partial charge in [-0.2, -0.15) is 0 Å². The second kappa shape index (κ2) is 40.0. The zero-order valence-electron chi connectivity index (χ0n) is 32.2. The molecule has 0 aliphatic heterocycles. The summed E-state index contributed by atoms with van der Waals surface area (Å²) < 4.78 is 16.2. The van der Waals surface area contributed by atoms with Gasteiger partial charge in [-0.05, 0) is 70.8 Å². The first kappa shape index (κ1) is 52.6. The molecule has 0 aliphatic rings. The zero-order valence-corrected chi connectivity index (χ0v) is 35.8. The summed E-state index contributed by atoms with van der Waals surface area (Å²) in [6, 6.07) is 7.50. The molecule has 0 saturated carbocycles. The number of unbranched alkanes of at least 4 members (excludes halogenated alkanes) is 3. The number of carbonyl (C=O) groups is 2. The molecule has 0 bridgehead atoms. The predicted molar refractivity (Wildman–Crippen MR) is 212 cm³/mol. The van der Waals surface area contributed by atoms with Gasteiger partial charge in [0.1, 0.15) is 12.9 Å². The van der Waals surface area contributed by atoms with E-state index in [1.54, 1.807) is 13.2 Å². The molecule has 286 valence electrons. The Bertz CT molecular complexity index is 1120. The monoisotopic (exact) mass is 877 g/mol. The van der Waals surface area contributed by atoms with Gasteiger partial charge < -0.3 is 34.3 Å². The Labute approximate surface area is 328 Å². The standard InChI is InChI=1S/C21H30N2O3.C19H35NO2.CH2O.Hf/c1-4-6-7-10-17(3)19-11-8-9-12-20(19)23-21(25)26-18(5-2)13-14-22-15-16-24;1-5-7-12-19(6-2)13-17-22-16-11-9-8-10-14-20(3)15-18-21-4;1-2;/h4,6-12,18,22,24H,3,5,13-16H2,1-2H3,(H,23,25);5,7,12-13H,1,6,8-11,14-18H2,2-4H3;1H2;/b6-4-,10-7-;12-7-,19-13+;;. The topological polar surface area (TPSA) is 109 Å². The predicted octanol–water partition coefficient (Wildman–Crippen LogP) is 8.16. The van der Waals surface area contributed by atoms with Crippen LogP contribution in [-0.2, 0) is 44.8 Å². The van der Waals surface area contributed by atoms with Crippen molar-refractivity contribution in [2.24, 2.45) is 0 Å². The Morgan fingerprint density at radius 2 is 1.73 bits per heavy atom. The molecular formula is C41H67HfN3O6. The van der Waals surface area contributed by atoms with Crippen molar-refractivity contribution in [2.45, 2.75) is 71.8 Å². The van der Waals surface area contributed by atoms with Gasteiger partial charge in [0.05, 0.1) is 25.5 Å². The van der Waals surface area contributed by atoms with Gasteiger partial charge in [0, 0.05) is 58.2 Å². The van der Waals surface area contributed by atoms with Crippen LogP contribution in [-0.4, -0.2) is 95.8 Å². The Morgan fingerprint density at radius 3 is 2.37 bits per heavy atom. The van der Waals surface area contributed by atoms with Crippen LogP contribution in [0.4, 0.5) is 10.5 Å². The number of hydrogen-bond acceptors (Lipinski definition) is 8. The van der Waals surface area contributed by atoms with E-state index in [1.165, 1.54) is 24.8 Å². The molecule has 0 heterocycles. The van der Waals surface area contributed by atoms with Gasteiger partial charge in [0.15, 0.2) is 0 Å². The van der Waals surface area contributed by atoms with Gasteiger partial charge in [0.25, 0.3) is 0 Å². The van der Waals surface area contributed by atoms with E-state index in [0.717, 1.165) is 56.7 Å².